The van der Waals surface area contributed by atoms with Crippen molar-refractivity contribution in [1.29, 1.82) is 0 Å². The first kappa shape index (κ1) is 19.5. The molecule has 0 aromatic rings. The molecule has 4 heterocycles. The Morgan fingerprint density at radius 2 is 1.96 bits per heavy atom. The topological polar surface area (TPSA) is 88.0 Å². The smallest absolute Gasteiger partial charge is 0.323 e. The molecular formula is C18H27N5O4S. The second-order valence-corrected chi connectivity index (χ2v) is 8.11. The van der Waals surface area contributed by atoms with Crippen LogP contribution in [0, 0.1) is 0 Å². The van der Waals surface area contributed by atoms with Crippen molar-refractivity contribution in [2.24, 2.45) is 9.98 Å². The van der Waals surface area contributed by atoms with Crippen molar-refractivity contribution in [2.75, 3.05) is 59.7 Å². The highest BCUT2D eigenvalue weighted by Crippen LogP contribution is 2.36. The first-order valence-electron chi connectivity index (χ1n) is 9.79. The monoisotopic (exact) mass is 409 g/mol. The van der Waals surface area contributed by atoms with E-state index in [-0.39, 0.29) is 17.3 Å². The third kappa shape index (κ3) is 4.28. The van der Waals surface area contributed by atoms with Crippen molar-refractivity contribution < 1.29 is 19.0 Å². The maximum atomic E-state index is 12.7. The second-order valence-electron chi connectivity index (χ2n) is 6.98. The SMILES string of the molecule is COC1=NC=C(N2CCOCC2)C2SC(NC(=O)N3CCCCOCC3)=NC12. The van der Waals surface area contributed by atoms with Gasteiger partial charge in [-0.05, 0) is 12.8 Å². The minimum Gasteiger partial charge on any atom is -0.482 e. The molecule has 0 spiro atoms. The predicted molar refractivity (Wildman–Crippen MR) is 108 cm³/mol. The lowest BCUT2D eigenvalue weighted by atomic mass is 10.1. The maximum Gasteiger partial charge on any atom is 0.323 e. The summed E-state index contributed by atoms with van der Waals surface area (Å²) >= 11 is 1.57. The van der Waals surface area contributed by atoms with Crippen molar-refractivity contribution in [3.05, 3.63) is 11.9 Å². The van der Waals surface area contributed by atoms with Crippen LogP contribution < -0.4 is 5.32 Å². The number of thioether (sulfide) groups is 1. The third-order valence-electron chi connectivity index (χ3n) is 5.21. The normalized spacial score (nSPS) is 28.4. The minimum atomic E-state index is -0.219. The van der Waals surface area contributed by atoms with E-state index < -0.39 is 0 Å². The summed E-state index contributed by atoms with van der Waals surface area (Å²) in [6.45, 7) is 5.78. The highest BCUT2D eigenvalue weighted by Gasteiger charge is 2.42. The standard InChI is InChI=1S/C18H27N5O4S/c1-25-16-14-15(13(12-19-16)22-5-9-27-10-6-22)28-17(20-14)21-18(24)23-4-2-3-8-26-11-7-23/h12,14-15H,2-11H2,1H3,(H,20,21,24). The molecule has 9 nitrogen and oxygen atoms in total. The van der Waals surface area contributed by atoms with E-state index in [1.807, 2.05) is 6.20 Å². The Balaban J connectivity index is 1.43. The molecule has 4 rings (SSSR count). The van der Waals surface area contributed by atoms with Gasteiger partial charge >= 0.3 is 6.03 Å². The highest BCUT2D eigenvalue weighted by molar-refractivity contribution is 8.14. The summed E-state index contributed by atoms with van der Waals surface area (Å²) in [5.74, 6) is 0.582. The first-order chi connectivity index (χ1) is 13.8. The van der Waals surface area contributed by atoms with Gasteiger partial charge < -0.3 is 24.0 Å². The number of methoxy groups -OCH3 is 1. The van der Waals surface area contributed by atoms with E-state index in [1.165, 1.54) is 0 Å². The summed E-state index contributed by atoms with van der Waals surface area (Å²) in [5, 5.41) is 3.66. The van der Waals surface area contributed by atoms with Crippen LogP contribution in [-0.2, 0) is 14.2 Å². The van der Waals surface area contributed by atoms with Crippen LogP contribution in [0.25, 0.3) is 0 Å². The number of nitrogens with zero attached hydrogens (tertiary/aromatic N) is 4. The lowest BCUT2D eigenvalue weighted by molar-refractivity contribution is 0.0520. The molecule has 2 fully saturated rings. The largest absolute Gasteiger partial charge is 0.482 e. The average molecular weight is 410 g/mol. The fourth-order valence-electron chi connectivity index (χ4n) is 3.68. The summed E-state index contributed by atoms with van der Waals surface area (Å²) in [6.07, 6.45) is 3.79. The van der Waals surface area contributed by atoms with Gasteiger partial charge in [0.05, 0.1) is 38.4 Å². The fourth-order valence-corrected chi connectivity index (χ4v) is 4.88. The molecule has 0 aromatic carbocycles. The zero-order valence-corrected chi connectivity index (χ0v) is 16.9. The van der Waals surface area contributed by atoms with E-state index in [9.17, 15) is 4.79 Å². The Hall–Kier alpha value is -1.78. The van der Waals surface area contributed by atoms with Gasteiger partial charge in [-0.1, -0.05) is 11.8 Å². The number of carbonyl (C=O) groups is 1. The van der Waals surface area contributed by atoms with Gasteiger partial charge in [0.2, 0.25) is 5.90 Å². The van der Waals surface area contributed by atoms with E-state index in [0.717, 1.165) is 44.8 Å². The fraction of sp³-hybridized carbons (Fsp3) is 0.722. The number of fused-ring (bicyclic) bond motifs is 1. The number of amides is 2. The summed E-state index contributed by atoms with van der Waals surface area (Å²) in [5.41, 5.74) is 1.12. The quantitative estimate of drug-likeness (QED) is 0.692. The van der Waals surface area contributed by atoms with Gasteiger partial charge in [0.15, 0.2) is 5.17 Å². The Kier molecular flexibility index (Phi) is 6.38. The molecule has 28 heavy (non-hydrogen) atoms. The molecular weight excluding hydrogens is 382 g/mol. The first-order valence-corrected chi connectivity index (χ1v) is 10.7. The van der Waals surface area contributed by atoms with Crippen LogP contribution in [0.1, 0.15) is 12.8 Å². The minimum absolute atomic E-state index is 0.0523. The second kappa shape index (κ2) is 9.15. The lowest BCUT2D eigenvalue weighted by Crippen LogP contribution is -2.44. The molecule has 0 aliphatic carbocycles. The summed E-state index contributed by atoms with van der Waals surface area (Å²) in [4.78, 5) is 26.0. The molecule has 2 unspecified atom stereocenters. The van der Waals surface area contributed by atoms with Gasteiger partial charge in [-0.25, -0.2) is 14.8 Å². The van der Waals surface area contributed by atoms with E-state index in [2.05, 4.69) is 15.2 Å². The van der Waals surface area contributed by atoms with Gasteiger partial charge in [0.1, 0.15) is 6.04 Å². The van der Waals surface area contributed by atoms with Gasteiger partial charge in [-0.15, -0.1) is 0 Å². The molecule has 4 aliphatic rings. The molecule has 2 atom stereocenters. The zero-order chi connectivity index (χ0) is 19.3. The van der Waals surface area contributed by atoms with Gasteiger partial charge in [0.25, 0.3) is 0 Å². The average Bonchev–Trinajstić information content (AvgIpc) is 3.11. The van der Waals surface area contributed by atoms with Crippen LogP contribution in [0.5, 0.6) is 0 Å². The van der Waals surface area contributed by atoms with Crippen LogP contribution in [-0.4, -0.2) is 97.9 Å². The number of hydrogen-bond acceptors (Lipinski definition) is 8. The predicted octanol–water partition coefficient (Wildman–Crippen LogP) is 0.881. The Morgan fingerprint density at radius 3 is 2.79 bits per heavy atom. The Labute approximate surface area is 169 Å². The van der Waals surface area contributed by atoms with E-state index in [4.69, 9.17) is 19.2 Å². The maximum absolute atomic E-state index is 12.7. The number of hydrogen-bond donors (Lipinski definition) is 1. The van der Waals surface area contributed by atoms with Gasteiger partial charge in [-0.3, -0.25) is 5.32 Å². The Morgan fingerprint density at radius 1 is 1.18 bits per heavy atom. The van der Waals surface area contributed by atoms with Crippen LogP contribution in [0.4, 0.5) is 4.79 Å². The number of carbonyl (C=O) groups excluding carboxylic acids is 1. The van der Waals surface area contributed by atoms with Gasteiger partial charge in [0, 0.05) is 38.5 Å². The van der Waals surface area contributed by atoms with Crippen LogP contribution in [0.3, 0.4) is 0 Å². The lowest BCUT2D eigenvalue weighted by Gasteiger charge is -2.35. The zero-order valence-electron chi connectivity index (χ0n) is 16.1. The molecule has 2 saturated heterocycles. The number of aliphatic imine (C=N–C) groups is 2. The molecule has 2 amide bonds. The molecule has 4 aliphatic heterocycles. The van der Waals surface area contributed by atoms with Crippen LogP contribution >= 0.6 is 11.8 Å². The number of amidine groups is 1. The molecule has 0 aromatic heterocycles. The van der Waals surface area contributed by atoms with Crippen LogP contribution in [0.2, 0.25) is 0 Å². The summed E-state index contributed by atoms with van der Waals surface area (Å²) in [6, 6.07) is -0.341. The van der Waals surface area contributed by atoms with Crippen LogP contribution in [0.15, 0.2) is 21.9 Å². The molecule has 0 saturated carbocycles. The number of morpholine rings is 1. The number of urea groups is 1. The van der Waals surface area contributed by atoms with E-state index >= 15 is 0 Å². The number of ether oxygens (including phenoxy) is 3. The van der Waals surface area contributed by atoms with Crippen molar-refractivity contribution in [1.82, 2.24) is 15.1 Å². The van der Waals surface area contributed by atoms with Gasteiger partial charge in [-0.2, -0.15) is 0 Å². The molecule has 0 bridgehead atoms. The molecule has 10 heteroatoms. The van der Waals surface area contributed by atoms with Crippen molar-refractivity contribution in [2.45, 2.75) is 24.1 Å². The number of rotatable bonds is 1. The van der Waals surface area contributed by atoms with Crippen molar-refractivity contribution >= 4 is 28.9 Å². The summed E-state index contributed by atoms with van der Waals surface area (Å²) < 4.78 is 16.4. The summed E-state index contributed by atoms with van der Waals surface area (Å²) in [7, 11) is 1.61. The Bertz CT molecular complexity index is 669. The van der Waals surface area contributed by atoms with Crippen molar-refractivity contribution in [3.8, 4) is 0 Å². The van der Waals surface area contributed by atoms with E-state index in [0.29, 0.717) is 37.4 Å². The highest BCUT2D eigenvalue weighted by atomic mass is 32.2. The molecule has 1 N–H and O–H groups in total. The third-order valence-corrected chi connectivity index (χ3v) is 6.39. The van der Waals surface area contributed by atoms with E-state index in [1.54, 1.807) is 23.8 Å². The number of nitrogens with one attached hydrogen (secondary N) is 1. The van der Waals surface area contributed by atoms with Crippen molar-refractivity contribution in [3.63, 3.8) is 0 Å². The molecule has 154 valence electrons. The molecule has 0 radical (unpaired) electrons.